The highest BCUT2D eigenvalue weighted by Crippen LogP contribution is 2.15. The lowest BCUT2D eigenvalue weighted by Crippen LogP contribution is -2.38. The van der Waals surface area contributed by atoms with Crippen molar-refractivity contribution in [3.8, 4) is 0 Å². The molecule has 18 heavy (non-hydrogen) atoms. The molecule has 0 aromatic heterocycles. The molecule has 0 saturated carbocycles. The molecule has 1 rings (SSSR count). The zero-order valence-electron chi connectivity index (χ0n) is 10.6. The highest BCUT2D eigenvalue weighted by atomic mass is 35.5. The molecule has 0 bridgehead atoms. The predicted octanol–water partition coefficient (Wildman–Crippen LogP) is 1.94. The van der Waals surface area contributed by atoms with Gasteiger partial charge in [-0.05, 0) is 38.1 Å². The summed E-state index contributed by atoms with van der Waals surface area (Å²) in [6, 6.07) is 7.01. The van der Waals surface area contributed by atoms with Crippen LogP contribution in [-0.2, 0) is 0 Å². The van der Waals surface area contributed by atoms with E-state index in [9.17, 15) is 0 Å². The third-order valence-electron chi connectivity index (χ3n) is 2.39. The maximum absolute atomic E-state index is 5.81. The lowest BCUT2D eigenvalue weighted by Gasteiger charge is -2.18. The third-order valence-corrected chi connectivity index (χ3v) is 2.64. The Morgan fingerprint density at radius 2 is 1.72 bits per heavy atom. The van der Waals surface area contributed by atoms with Crippen molar-refractivity contribution in [3.05, 3.63) is 29.3 Å². The van der Waals surface area contributed by atoms with Crippen LogP contribution in [0, 0.1) is 0 Å². The molecule has 0 radical (unpaired) electrons. The molecule has 0 amide bonds. The van der Waals surface area contributed by atoms with Crippen LogP contribution in [0.2, 0.25) is 5.02 Å². The predicted molar refractivity (Wildman–Crippen MR) is 77.3 cm³/mol. The van der Waals surface area contributed by atoms with Gasteiger partial charge in [-0.3, -0.25) is 0 Å². The van der Waals surface area contributed by atoms with Crippen molar-refractivity contribution in [2.75, 3.05) is 13.1 Å². The van der Waals surface area contributed by atoms with Gasteiger partial charge in [-0.2, -0.15) is 4.99 Å². The number of guanidine groups is 2. The largest absolute Gasteiger partial charge is 0.369 e. The number of halogens is 1. The van der Waals surface area contributed by atoms with Crippen molar-refractivity contribution >= 4 is 29.2 Å². The molecule has 0 atom stereocenters. The van der Waals surface area contributed by atoms with Gasteiger partial charge in [-0.25, -0.2) is 4.99 Å². The van der Waals surface area contributed by atoms with Gasteiger partial charge in [-0.15, -0.1) is 0 Å². The van der Waals surface area contributed by atoms with Crippen LogP contribution in [0.5, 0.6) is 0 Å². The van der Waals surface area contributed by atoms with Gasteiger partial charge < -0.3 is 16.4 Å². The Morgan fingerprint density at radius 3 is 2.22 bits per heavy atom. The monoisotopic (exact) mass is 267 g/mol. The summed E-state index contributed by atoms with van der Waals surface area (Å²) < 4.78 is 0. The number of nitrogens with zero attached hydrogens (tertiary/aromatic N) is 3. The van der Waals surface area contributed by atoms with Crippen molar-refractivity contribution in [3.63, 3.8) is 0 Å². The lowest BCUT2D eigenvalue weighted by molar-refractivity contribution is 0.461. The topological polar surface area (TPSA) is 80.0 Å². The average molecular weight is 268 g/mol. The zero-order chi connectivity index (χ0) is 13.5. The summed E-state index contributed by atoms with van der Waals surface area (Å²) in [4.78, 5) is 10.1. The molecule has 0 heterocycles. The highest BCUT2D eigenvalue weighted by Gasteiger charge is 2.02. The second-order valence-electron chi connectivity index (χ2n) is 3.59. The Hall–Kier alpha value is -1.75. The number of hydrogen-bond acceptors (Lipinski definition) is 1. The molecule has 0 unspecified atom stereocenters. The first-order valence-electron chi connectivity index (χ1n) is 5.75. The van der Waals surface area contributed by atoms with E-state index >= 15 is 0 Å². The van der Waals surface area contributed by atoms with Crippen LogP contribution in [0.25, 0.3) is 0 Å². The van der Waals surface area contributed by atoms with Gasteiger partial charge in [0, 0.05) is 18.1 Å². The summed E-state index contributed by atoms with van der Waals surface area (Å²) in [5, 5.41) is 0.652. The Bertz CT molecular complexity index is 434. The molecule has 0 fully saturated rings. The standard InChI is InChI=1S/C12H18ClN5/c1-3-18(4-2)12(15)17-11(14)16-10-7-5-9(13)6-8-10/h5-8H,3-4H2,1-2H3,(H4,14,15,16,17). The van der Waals surface area contributed by atoms with Gasteiger partial charge >= 0.3 is 0 Å². The van der Waals surface area contributed by atoms with Crippen LogP contribution in [-0.4, -0.2) is 29.9 Å². The van der Waals surface area contributed by atoms with Gasteiger partial charge in [0.2, 0.25) is 5.96 Å². The van der Waals surface area contributed by atoms with Crippen LogP contribution in [0.4, 0.5) is 5.69 Å². The van der Waals surface area contributed by atoms with Gasteiger partial charge in [0.1, 0.15) is 0 Å². The van der Waals surface area contributed by atoms with Crippen LogP contribution in [0.15, 0.2) is 34.3 Å². The molecule has 0 aliphatic heterocycles. The summed E-state index contributed by atoms with van der Waals surface area (Å²) in [6.07, 6.45) is 0. The molecular formula is C12H18ClN5. The molecule has 0 spiro atoms. The smallest absolute Gasteiger partial charge is 0.223 e. The normalized spacial score (nSPS) is 12.6. The summed E-state index contributed by atoms with van der Waals surface area (Å²) in [7, 11) is 0. The molecule has 1 aromatic rings. The van der Waals surface area contributed by atoms with E-state index in [1.165, 1.54) is 0 Å². The number of aliphatic imine (C=N–C) groups is 2. The maximum atomic E-state index is 5.81. The Morgan fingerprint density at radius 1 is 1.17 bits per heavy atom. The summed E-state index contributed by atoms with van der Waals surface area (Å²) in [5.41, 5.74) is 12.2. The van der Waals surface area contributed by atoms with E-state index in [4.69, 9.17) is 23.1 Å². The molecule has 98 valence electrons. The van der Waals surface area contributed by atoms with Crippen molar-refractivity contribution in [1.82, 2.24) is 4.90 Å². The van der Waals surface area contributed by atoms with Gasteiger partial charge in [0.25, 0.3) is 0 Å². The Balaban J connectivity index is 2.83. The van der Waals surface area contributed by atoms with Gasteiger partial charge in [-0.1, -0.05) is 11.6 Å². The van der Waals surface area contributed by atoms with Crippen LogP contribution in [0.3, 0.4) is 0 Å². The first-order chi connectivity index (χ1) is 8.56. The first-order valence-corrected chi connectivity index (χ1v) is 6.13. The maximum Gasteiger partial charge on any atom is 0.223 e. The number of benzene rings is 1. The zero-order valence-corrected chi connectivity index (χ0v) is 11.4. The van der Waals surface area contributed by atoms with Crippen molar-refractivity contribution in [1.29, 1.82) is 0 Å². The lowest BCUT2D eigenvalue weighted by atomic mass is 10.3. The minimum atomic E-state index is 0.127. The highest BCUT2D eigenvalue weighted by molar-refractivity contribution is 6.30. The quantitative estimate of drug-likeness (QED) is 0.649. The molecule has 6 heteroatoms. The first kappa shape index (κ1) is 14.3. The Kier molecular flexibility index (Phi) is 5.45. The molecule has 1 aromatic carbocycles. The molecule has 4 N–H and O–H groups in total. The summed E-state index contributed by atoms with van der Waals surface area (Å²) >= 11 is 5.78. The fourth-order valence-electron chi connectivity index (χ4n) is 1.41. The van der Waals surface area contributed by atoms with Gasteiger partial charge in [0.05, 0.1) is 5.69 Å². The molecular weight excluding hydrogens is 250 g/mol. The van der Waals surface area contributed by atoms with Crippen molar-refractivity contribution in [2.45, 2.75) is 13.8 Å². The van der Waals surface area contributed by atoms with E-state index in [-0.39, 0.29) is 5.96 Å². The number of rotatable bonds is 3. The van der Waals surface area contributed by atoms with Crippen molar-refractivity contribution in [2.24, 2.45) is 21.5 Å². The third kappa shape index (κ3) is 4.25. The SMILES string of the molecule is CCN(CC)/C(N)=N\C(N)=Nc1ccc(Cl)cc1. The number of hydrogen-bond donors (Lipinski definition) is 2. The van der Waals surface area contributed by atoms with E-state index < -0.39 is 0 Å². The minimum absolute atomic E-state index is 0.127. The van der Waals surface area contributed by atoms with E-state index in [2.05, 4.69) is 9.98 Å². The van der Waals surface area contributed by atoms with E-state index in [1.807, 2.05) is 18.7 Å². The molecule has 0 aliphatic rings. The fourth-order valence-corrected chi connectivity index (χ4v) is 1.53. The summed E-state index contributed by atoms with van der Waals surface area (Å²) in [5.74, 6) is 0.497. The van der Waals surface area contributed by atoms with Crippen molar-refractivity contribution < 1.29 is 0 Å². The Labute approximate surface area is 112 Å². The fraction of sp³-hybridized carbons (Fsp3) is 0.333. The van der Waals surface area contributed by atoms with E-state index in [1.54, 1.807) is 24.3 Å². The molecule has 5 nitrogen and oxygen atoms in total. The van der Waals surface area contributed by atoms with Crippen LogP contribution < -0.4 is 11.5 Å². The second kappa shape index (κ2) is 6.86. The second-order valence-corrected chi connectivity index (χ2v) is 4.03. The number of nitrogens with two attached hydrogens (primary N) is 2. The van der Waals surface area contributed by atoms with E-state index in [0.717, 1.165) is 13.1 Å². The summed E-state index contributed by atoms with van der Waals surface area (Å²) in [6.45, 7) is 5.55. The average Bonchev–Trinajstić information content (AvgIpc) is 2.33. The van der Waals surface area contributed by atoms with E-state index in [0.29, 0.717) is 16.7 Å². The minimum Gasteiger partial charge on any atom is -0.369 e. The molecule has 0 saturated heterocycles. The van der Waals surface area contributed by atoms with Crippen LogP contribution >= 0.6 is 11.6 Å². The molecule has 0 aliphatic carbocycles. The van der Waals surface area contributed by atoms with Crippen LogP contribution in [0.1, 0.15) is 13.8 Å². The van der Waals surface area contributed by atoms with Gasteiger partial charge in [0.15, 0.2) is 5.96 Å².